The van der Waals surface area contributed by atoms with Gasteiger partial charge in [0.15, 0.2) is 0 Å². The number of rotatable bonds is 6. The minimum atomic E-state index is -0.657. The molecule has 0 fully saturated rings. The number of carbonyl (C=O) groups is 2. The van der Waals surface area contributed by atoms with E-state index in [-0.39, 0.29) is 12.3 Å². The molecule has 1 N–H and O–H groups in total. The summed E-state index contributed by atoms with van der Waals surface area (Å²) in [5, 5.41) is 3.81. The van der Waals surface area contributed by atoms with Crippen LogP contribution in [0.3, 0.4) is 0 Å². The highest BCUT2D eigenvalue weighted by atomic mass is 32.1. The van der Waals surface area contributed by atoms with Gasteiger partial charge in [-0.15, -0.1) is 11.3 Å². The molecule has 0 aliphatic carbocycles. The molecular formula is C23H26N4O3S. The van der Waals surface area contributed by atoms with Crippen molar-refractivity contribution in [3.8, 4) is 10.6 Å². The normalized spacial score (nSPS) is 11.1. The number of aryl methyl sites for hydroxylation is 1. The number of hydrogen-bond donors (Lipinski definition) is 1. The van der Waals surface area contributed by atoms with Crippen molar-refractivity contribution in [2.75, 3.05) is 16.8 Å². The molecule has 0 unspecified atom stereocenters. The fourth-order valence-electron chi connectivity index (χ4n) is 2.70. The molecule has 3 rings (SSSR count). The van der Waals surface area contributed by atoms with Gasteiger partial charge in [-0.05, 0) is 65.0 Å². The summed E-state index contributed by atoms with van der Waals surface area (Å²) in [6.07, 6.45) is 1.12. The van der Waals surface area contributed by atoms with Crippen LogP contribution >= 0.6 is 11.3 Å². The standard InChI is InChI=1S/C23H26N4O3S/c1-15-6-8-17(9-7-15)25-21-24-13-12-18(26-21)19-10-11-20(31-19)27(14-16(2)28)22(29)30-23(3,4)5/h6-13H,14H2,1-5H3,(H,24,25,26). The molecule has 0 radical (unpaired) electrons. The fraction of sp³-hybridized carbons (Fsp3) is 0.304. The molecule has 0 spiro atoms. The van der Waals surface area contributed by atoms with E-state index < -0.39 is 11.7 Å². The van der Waals surface area contributed by atoms with Gasteiger partial charge in [0, 0.05) is 11.9 Å². The predicted molar refractivity (Wildman–Crippen MR) is 124 cm³/mol. The van der Waals surface area contributed by atoms with E-state index in [4.69, 9.17) is 4.74 Å². The Morgan fingerprint density at radius 1 is 1.10 bits per heavy atom. The van der Waals surface area contributed by atoms with Crippen LogP contribution < -0.4 is 10.2 Å². The maximum absolute atomic E-state index is 12.6. The fourth-order valence-corrected chi connectivity index (χ4v) is 3.67. The average molecular weight is 439 g/mol. The van der Waals surface area contributed by atoms with Crippen LogP contribution in [0.2, 0.25) is 0 Å². The quantitative estimate of drug-likeness (QED) is 0.540. The summed E-state index contributed by atoms with van der Waals surface area (Å²) < 4.78 is 5.47. The van der Waals surface area contributed by atoms with Crippen molar-refractivity contribution in [3.05, 3.63) is 54.2 Å². The molecule has 1 amide bonds. The predicted octanol–water partition coefficient (Wildman–Crippen LogP) is 5.59. The zero-order valence-electron chi connectivity index (χ0n) is 18.3. The van der Waals surface area contributed by atoms with Gasteiger partial charge < -0.3 is 10.1 Å². The van der Waals surface area contributed by atoms with Crippen molar-refractivity contribution < 1.29 is 14.3 Å². The number of ketones is 1. The van der Waals surface area contributed by atoms with Gasteiger partial charge in [0.25, 0.3) is 0 Å². The van der Waals surface area contributed by atoms with E-state index >= 15 is 0 Å². The molecule has 162 valence electrons. The third-order valence-corrected chi connectivity index (χ3v) is 5.20. The first-order valence-corrected chi connectivity index (χ1v) is 10.7. The maximum Gasteiger partial charge on any atom is 0.415 e. The highest BCUT2D eigenvalue weighted by Crippen LogP contribution is 2.34. The number of ether oxygens (including phenoxy) is 1. The number of benzene rings is 1. The van der Waals surface area contributed by atoms with Crippen LogP contribution in [0.1, 0.15) is 33.3 Å². The average Bonchev–Trinajstić information content (AvgIpc) is 3.16. The maximum atomic E-state index is 12.6. The molecular weight excluding hydrogens is 412 g/mol. The largest absolute Gasteiger partial charge is 0.443 e. The number of Topliss-reactive ketones (excluding diaryl/α,β-unsaturated/α-hetero) is 1. The third kappa shape index (κ3) is 6.36. The zero-order chi connectivity index (χ0) is 22.6. The summed E-state index contributed by atoms with van der Waals surface area (Å²) >= 11 is 1.36. The van der Waals surface area contributed by atoms with Gasteiger partial charge in [0.1, 0.15) is 16.4 Å². The second kappa shape index (κ2) is 9.26. The lowest BCUT2D eigenvalue weighted by Crippen LogP contribution is -2.39. The molecule has 0 saturated carbocycles. The second-order valence-electron chi connectivity index (χ2n) is 8.16. The molecule has 1 aromatic carbocycles. The number of hydrogen-bond acceptors (Lipinski definition) is 7. The number of nitrogens with zero attached hydrogens (tertiary/aromatic N) is 3. The minimum absolute atomic E-state index is 0.0567. The van der Waals surface area contributed by atoms with Crippen molar-refractivity contribution >= 4 is 39.9 Å². The number of thiophene rings is 1. The van der Waals surface area contributed by atoms with E-state index in [0.29, 0.717) is 16.6 Å². The highest BCUT2D eigenvalue weighted by molar-refractivity contribution is 7.19. The Morgan fingerprint density at radius 2 is 1.81 bits per heavy atom. The van der Waals surface area contributed by atoms with Gasteiger partial charge in [-0.25, -0.2) is 14.8 Å². The lowest BCUT2D eigenvalue weighted by atomic mass is 10.2. The molecule has 2 aromatic heterocycles. The Labute approximate surface area is 186 Å². The van der Waals surface area contributed by atoms with Crippen LogP contribution in [-0.2, 0) is 9.53 Å². The Morgan fingerprint density at radius 3 is 2.45 bits per heavy atom. The van der Waals surface area contributed by atoms with Crippen LogP contribution in [0, 0.1) is 6.92 Å². The van der Waals surface area contributed by atoms with Crippen molar-refractivity contribution in [2.24, 2.45) is 0 Å². The summed E-state index contributed by atoms with van der Waals surface area (Å²) in [6, 6.07) is 13.4. The lowest BCUT2D eigenvalue weighted by molar-refractivity contribution is -0.115. The Bertz CT molecular complexity index is 1070. The monoisotopic (exact) mass is 438 g/mol. The molecule has 3 aromatic rings. The molecule has 7 nitrogen and oxygen atoms in total. The molecule has 0 atom stereocenters. The summed E-state index contributed by atoms with van der Waals surface area (Å²) in [5.41, 5.74) is 2.13. The molecule has 8 heteroatoms. The number of anilines is 3. The molecule has 2 heterocycles. The zero-order valence-corrected chi connectivity index (χ0v) is 19.1. The van der Waals surface area contributed by atoms with Crippen molar-refractivity contribution in [2.45, 2.75) is 40.2 Å². The highest BCUT2D eigenvalue weighted by Gasteiger charge is 2.25. The van der Waals surface area contributed by atoms with Crippen LogP contribution in [0.25, 0.3) is 10.6 Å². The van der Waals surface area contributed by atoms with E-state index in [9.17, 15) is 9.59 Å². The van der Waals surface area contributed by atoms with E-state index in [1.807, 2.05) is 37.3 Å². The summed E-state index contributed by atoms with van der Waals surface area (Å²) in [4.78, 5) is 35.5. The third-order valence-electron chi connectivity index (χ3n) is 4.07. The molecule has 0 saturated heterocycles. The van der Waals surface area contributed by atoms with E-state index in [2.05, 4.69) is 15.3 Å². The van der Waals surface area contributed by atoms with E-state index in [1.54, 1.807) is 39.1 Å². The van der Waals surface area contributed by atoms with Gasteiger partial charge in [0.05, 0.1) is 17.1 Å². The molecule has 0 aliphatic rings. The topological polar surface area (TPSA) is 84.4 Å². The van der Waals surface area contributed by atoms with Gasteiger partial charge in [-0.1, -0.05) is 17.7 Å². The van der Waals surface area contributed by atoms with Gasteiger partial charge in [0.2, 0.25) is 5.95 Å². The van der Waals surface area contributed by atoms with Crippen LogP contribution in [-0.4, -0.2) is 34.0 Å². The Hall–Kier alpha value is -3.26. The summed E-state index contributed by atoms with van der Waals surface area (Å²) in [7, 11) is 0. The summed E-state index contributed by atoms with van der Waals surface area (Å²) in [5.74, 6) is 0.344. The molecule has 0 bridgehead atoms. The Kier molecular flexibility index (Phi) is 6.70. The second-order valence-corrected chi connectivity index (χ2v) is 9.23. The number of aromatic nitrogens is 2. The van der Waals surface area contributed by atoms with E-state index in [1.165, 1.54) is 28.7 Å². The van der Waals surface area contributed by atoms with Crippen LogP contribution in [0.4, 0.5) is 21.4 Å². The lowest BCUT2D eigenvalue weighted by Gasteiger charge is -2.25. The smallest absolute Gasteiger partial charge is 0.415 e. The SMILES string of the molecule is CC(=O)CN(C(=O)OC(C)(C)C)c1ccc(-c2ccnc(Nc3ccc(C)cc3)n2)s1. The molecule has 0 aliphatic heterocycles. The van der Waals surface area contributed by atoms with Crippen LogP contribution in [0.15, 0.2) is 48.7 Å². The minimum Gasteiger partial charge on any atom is -0.443 e. The summed E-state index contributed by atoms with van der Waals surface area (Å²) in [6.45, 7) is 8.79. The number of amides is 1. The first-order valence-electron chi connectivity index (χ1n) is 9.87. The van der Waals surface area contributed by atoms with E-state index in [0.717, 1.165) is 10.6 Å². The molecule has 31 heavy (non-hydrogen) atoms. The van der Waals surface area contributed by atoms with Gasteiger partial charge in [-0.2, -0.15) is 0 Å². The van der Waals surface area contributed by atoms with Crippen molar-refractivity contribution in [3.63, 3.8) is 0 Å². The Balaban J connectivity index is 1.83. The van der Waals surface area contributed by atoms with Crippen molar-refractivity contribution in [1.82, 2.24) is 9.97 Å². The number of carbonyl (C=O) groups excluding carboxylic acids is 2. The first kappa shape index (κ1) is 22.4. The number of nitrogens with one attached hydrogen (secondary N) is 1. The first-order chi connectivity index (χ1) is 14.6. The van der Waals surface area contributed by atoms with Gasteiger partial charge in [-0.3, -0.25) is 9.69 Å². The van der Waals surface area contributed by atoms with Crippen LogP contribution in [0.5, 0.6) is 0 Å². The van der Waals surface area contributed by atoms with Gasteiger partial charge >= 0.3 is 6.09 Å². The van der Waals surface area contributed by atoms with Crippen molar-refractivity contribution in [1.29, 1.82) is 0 Å².